The Labute approximate surface area is 73.7 Å². The summed E-state index contributed by atoms with van der Waals surface area (Å²) in [6.45, 7) is 6.01. The van der Waals surface area contributed by atoms with Crippen LogP contribution in [0.15, 0.2) is 11.6 Å². The van der Waals surface area contributed by atoms with Crippen molar-refractivity contribution in [1.29, 1.82) is 0 Å². The average molecular weight is 176 g/mol. The molecule has 0 heterocycles. The molecule has 0 nitrogen and oxygen atoms in total. The van der Waals surface area contributed by atoms with Crippen LogP contribution < -0.4 is 0 Å². The molecule has 0 bridgehead atoms. The third-order valence-electron chi connectivity index (χ3n) is 1.96. The van der Waals surface area contributed by atoms with Gasteiger partial charge in [0.2, 0.25) is 0 Å². The number of hydrogen-bond acceptors (Lipinski definition) is 0. The number of hydrogen-bond donors (Lipinski definition) is 0. The van der Waals surface area contributed by atoms with E-state index in [1.54, 1.807) is 6.08 Å². The molecular formula is C10H18F2. The van der Waals surface area contributed by atoms with Crippen molar-refractivity contribution < 1.29 is 8.78 Å². The van der Waals surface area contributed by atoms with Gasteiger partial charge in [-0.05, 0) is 12.8 Å². The molecule has 1 aliphatic carbocycles. The standard InChI is InChI=1S/C8H12F2.C2H6/c1-2-7-3-5-8(9,10)6-4-7;1-2/h3H,2,4-6H2,1H3;1-2H3. The van der Waals surface area contributed by atoms with Crippen molar-refractivity contribution in [3.8, 4) is 0 Å². The second-order valence-corrected chi connectivity index (χ2v) is 2.78. The lowest BCUT2D eigenvalue weighted by Crippen LogP contribution is -2.18. The first kappa shape index (κ1) is 11.6. The van der Waals surface area contributed by atoms with E-state index in [-0.39, 0.29) is 12.8 Å². The first-order valence-corrected chi connectivity index (χ1v) is 4.70. The lowest BCUT2D eigenvalue weighted by molar-refractivity contribution is -0.00888. The lowest BCUT2D eigenvalue weighted by atomic mass is 9.95. The highest BCUT2D eigenvalue weighted by atomic mass is 19.3. The minimum atomic E-state index is -2.42. The molecule has 0 aromatic rings. The largest absolute Gasteiger partial charge is 0.251 e. The monoisotopic (exact) mass is 176 g/mol. The molecule has 0 saturated heterocycles. The van der Waals surface area contributed by atoms with Crippen LogP contribution in [0.5, 0.6) is 0 Å². The molecule has 0 amide bonds. The second-order valence-electron chi connectivity index (χ2n) is 2.78. The summed E-state index contributed by atoms with van der Waals surface area (Å²) < 4.78 is 24.9. The van der Waals surface area contributed by atoms with E-state index in [4.69, 9.17) is 0 Å². The van der Waals surface area contributed by atoms with Gasteiger partial charge in [-0.3, -0.25) is 0 Å². The SMILES string of the molecule is CC.CCC1=CCC(F)(F)CC1. The Morgan fingerprint density at radius 1 is 1.42 bits per heavy atom. The fraction of sp³-hybridized carbons (Fsp3) is 0.800. The molecule has 2 heteroatoms. The summed E-state index contributed by atoms with van der Waals surface area (Å²) in [6.07, 6.45) is 3.20. The van der Waals surface area contributed by atoms with Crippen LogP contribution in [0.3, 0.4) is 0 Å². The van der Waals surface area contributed by atoms with Crippen molar-refractivity contribution in [1.82, 2.24) is 0 Å². The van der Waals surface area contributed by atoms with Crippen LogP contribution in [-0.2, 0) is 0 Å². The maximum Gasteiger partial charge on any atom is 0.251 e. The first-order valence-electron chi connectivity index (χ1n) is 4.70. The molecule has 0 atom stereocenters. The molecule has 0 fully saturated rings. The van der Waals surface area contributed by atoms with Crippen molar-refractivity contribution in [2.45, 2.75) is 52.4 Å². The minimum Gasteiger partial charge on any atom is -0.207 e. The Kier molecular flexibility index (Phi) is 5.11. The molecule has 1 aliphatic rings. The maximum absolute atomic E-state index is 12.5. The average Bonchev–Trinajstić information content (AvgIpc) is 2.08. The predicted molar refractivity (Wildman–Crippen MR) is 48.5 cm³/mol. The summed E-state index contributed by atoms with van der Waals surface area (Å²) in [6, 6.07) is 0. The third kappa shape index (κ3) is 3.84. The number of rotatable bonds is 1. The summed E-state index contributed by atoms with van der Waals surface area (Å²) in [5.41, 5.74) is 1.19. The van der Waals surface area contributed by atoms with Crippen molar-refractivity contribution in [2.75, 3.05) is 0 Å². The molecule has 0 aromatic carbocycles. The normalized spacial score (nSPS) is 20.6. The van der Waals surface area contributed by atoms with E-state index in [0.29, 0.717) is 6.42 Å². The van der Waals surface area contributed by atoms with Gasteiger partial charge in [-0.1, -0.05) is 32.4 Å². The molecule has 0 unspecified atom stereocenters. The minimum absolute atomic E-state index is 0.0455. The molecule has 72 valence electrons. The highest BCUT2D eigenvalue weighted by molar-refractivity contribution is 5.07. The van der Waals surface area contributed by atoms with Gasteiger partial charge in [-0.15, -0.1) is 0 Å². The highest BCUT2D eigenvalue weighted by Gasteiger charge is 2.29. The zero-order valence-corrected chi connectivity index (χ0v) is 8.16. The van der Waals surface area contributed by atoms with Gasteiger partial charge in [0.05, 0.1) is 0 Å². The summed E-state index contributed by atoms with van der Waals surface area (Å²) >= 11 is 0. The Morgan fingerprint density at radius 2 is 2.00 bits per heavy atom. The summed E-state index contributed by atoms with van der Waals surface area (Å²) in [5.74, 6) is -2.42. The highest BCUT2D eigenvalue weighted by Crippen LogP contribution is 2.32. The van der Waals surface area contributed by atoms with Gasteiger partial charge in [0, 0.05) is 12.8 Å². The fourth-order valence-electron chi connectivity index (χ4n) is 1.16. The fourth-order valence-corrected chi connectivity index (χ4v) is 1.16. The van der Waals surface area contributed by atoms with E-state index >= 15 is 0 Å². The molecule has 12 heavy (non-hydrogen) atoms. The second kappa shape index (κ2) is 5.28. The number of alkyl halides is 2. The van der Waals surface area contributed by atoms with Gasteiger partial charge in [-0.2, -0.15) is 0 Å². The van der Waals surface area contributed by atoms with Gasteiger partial charge in [-0.25, -0.2) is 8.78 Å². The molecular weight excluding hydrogens is 158 g/mol. The van der Waals surface area contributed by atoms with E-state index in [0.717, 1.165) is 6.42 Å². The Balaban J connectivity index is 0.000000561. The van der Waals surface area contributed by atoms with Gasteiger partial charge >= 0.3 is 0 Å². The molecule has 0 aromatic heterocycles. The zero-order chi connectivity index (χ0) is 9.61. The van der Waals surface area contributed by atoms with Crippen LogP contribution >= 0.6 is 0 Å². The quantitative estimate of drug-likeness (QED) is 0.526. The van der Waals surface area contributed by atoms with Gasteiger partial charge in [0.15, 0.2) is 0 Å². The van der Waals surface area contributed by atoms with Crippen LogP contribution in [0.1, 0.15) is 46.5 Å². The molecule has 0 saturated carbocycles. The van der Waals surface area contributed by atoms with Crippen molar-refractivity contribution in [3.63, 3.8) is 0 Å². The molecule has 0 radical (unpaired) electrons. The van der Waals surface area contributed by atoms with Gasteiger partial charge < -0.3 is 0 Å². The smallest absolute Gasteiger partial charge is 0.207 e. The first-order chi connectivity index (χ1) is 5.64. The van der Waals surface area contributed by atoms with E-state index in [2.05, 4.69) is 0 Å². The topological polar surface area (TPSA) is 0 Å². The van der Waals surface area contributed by atoms with Gasteiger partial charge in [0.1, 0.15) is 0 Å². The maximum atomic E-state index is 12.5. The Morgan fingerprint density at radius 3 is 2.33 bits per heavy atom. The Bertz CT molecular complexity index is 148. The third-order valence-corrected chi connectivity index (χ3v) is 1.96. The number of halogens is 2. The van der Waals surface area contributed by atoms with Crippen LogP contribution in [0.25, 0.3) is 0 Å². The zero-order valence-electron chi connectivity index (χ0n) is 8.16. The van der Waals surface area contributed by atoms with E-state index in [1.165, 1.54) is 5.57 Å². The van der Waals surface area contributed by atoms with E-state index < -0.39 is 5.92 Å². The summed E-state index contributed by atoms with van der Waals surface area (Å²) in [4.78, 5) is 0. The molecule has 0 N–H and O–H groups in total. The molecule has 0 aliphatic heterocycles. The van der Waals surface area contributed by atoms with E-state index in [9.17, 15) is 8.78 Å². The van der Waals surface area contributed by atoms with Gasteiger partial charge in [0.25, 0.3) is 5.92 Å². The summed E-state index contributed by atoms with van der Waals surface area (Å²) in [7, 11) is 0. The van der Waals surface area contributed by atoms with Crippen LogP contribution in [0, 0.1) is 0 Å². The lowest BCUT2D eigenvalue weighted by Gasteiger charge is -2.20. The predicted octanol–water partition coefficient (Wildman–Crippen LogP) is 4.17. The van der Waals surface area contributed by atoms with Crippen molar-refractivity contribution in [3.05, 3.63) is 11.6 Å². The van der Waals surface area contributed by atoms with Crippen LogP contribution in [-0.4, -0.2) is 5.92 Å². The Hall–Kier alpha value is -0.400. The number of allylic oxidation sites excluding steroid dienone is 2. The van der Waals surface area contributed by atoms with Crippen LogP contribution in [0.4, 0.5) is 8.78 Å². The van der Waals surface area contributed by atoms with E-state index in [1.807, 2.05) is 20.8 Å². The summed E-state index contributed by atoms with van der Waals surface area (Å²) in [5, 5.41) is 0. The van der Waals surface area contributed by atoms with Crippen molar-refractivity contribution in [2.24, 2.45) is 0 Å². The van der Waals surface area contributed by atoms with Crippen LogP contribution in [0.2, 0.25) is 0 Å². The molecule has 0 spiro atoms. The van der Waals surface area contributed by atoms with Crippen molar-refractivity contribution >= 4 is 0 Å². The molecule has 1 rings (SSSR count).